The van der Waals surface area contributed by atoms with Gasteiger partial charge < -0.3 is 19.9 Å². The van der Waals surface area contributed by atoms with E-state index in [2.05, 4.69) is 15.8 Å². The van der Waals surface area contributed by atoms with Crippen molar-refractivity contribution in [1.82, 2.24) is 15.8 Å². The number of hydrogen-bond acceptors (Lipinski definition) is 5. The normalized spacial score (nSPS) is 17.2. The summed E-state index contributed by atoms with van der Waals surface area (Å²) in [5.74, 6) is 0.858. The van der Waals surface area contributed by atoms with Crippen molar-refractivity contribution in [3.05, 3.63) is 17.0 Å². The number of carbonyl (C=O) groups excluding carboxylic acids is 1. The van der Waals surface area contributed by atoms with Crippen molar-refractivity contribution in [3.8, 4) is 0 Å². The summed E-state index contributed by atoms with van der Waals surface area (Å²) in [4.78, 5) is 12.4. The summed E-state index contributed by atoms with van der Waals surface area (Å²) in [5.41, 5.74) is 1.90. The molecule has 0 aliphatic carbocycles. The monoisotopic (exact) mass is 323 g/mol. The second-order valence-electron chi connectivity index (χ2n) is 6.37. The fourth-order valence-electron chi connectivity index (χ4n) is 3.28. The molecule has 0 saturated carbocycles. The van der Waals surface area contributed by atoms with Gasteiger partial charge in [0.05, 0.1) is 18.7 Å². The highest BCUT2D eigenvalue weighted by Gasteiger charge is 2.32. The molecule has 6 nitrogen and oxygen atoms in total. The van der Waals surface area contributed by atoms with E-state index < -0.39 is 0 Å². The Morgan fingerprint density at radius 3 is 2.70 bits per heavy atom. The van der Waals surface area contributed by atoms with Crippen molar-refractivity contribution in [1.29, 1.82) is 0 Å². The Bertz CT molecular complexity index is 480. The van der Waals surface area contributed by atoms with Crippen molar-refractivity contribution in [2.24, 2.45) is 5.41 Å². The van der Waals surface area contributed by atoms with Gasteiger partial charge in [0.2, 0.25) is 5.91 Å². The highest BCUT2D eigenvalue weighted by Crippen LogP contribution is 2.28. The second kappa shape index (κ2) is 8.45. The zero-order valence-electron chi connectivity index (χ0n) is 14.5. The summed E-state index contributed by atoms with van der Waals surface area (Å²) in [6.07, 6.45) is 3.93. The number of amides is 1. The van der Waals surface area contributed by atoms with Crippen LogP contribution in [0.1, 0.15) is 43.7 Å². The summed E-state index contributed by atoms with van der Waals surface area (Å²) in [6, 6.07) is 0. The van der Waals surface area contributed by atoms with Gasteiger partial charge in [-0.3, -0.25) is 4.79 Å². The molecule has 23 heavy (non-hydrogen) atoms. The third kappa shape index (κ3) is 4.54. The lowest BCUT2D eigenvalue weighted by atomic mass is 9.79. The van der Waals surface area contributed by atoms with Crippen LogP contribution in [0.25, 0.3) is 0 Å². The van der Waals surface area contributed by atoms with Gasteiger partial charge in [-0.2, -0.15) is 0 Å². The minimum absolute atomic E-state index is 0.0339. The molecule has 2 heterocycles. The average molecular weight is 323 g/mol. The lowest BCUT2D eigenvalue weighted by molar-refractivity contribution is -0.121. The first-order chi connectivity index (χ1) is 11.1. The number of carbonyl (C=O) groups is 1. The Kier molecular flexibility index (Phi) is 6.59. The standard InChI is InChI=1S/C17H29N3O3/c1-4-14-13(15(5-2)23-20-14)10-16(21)19-11-17(12-22-3)6-8-18-9-7-17/h18H,4-12H2,1-3H3,(H,19,21). The molecule has 0 spiro atoms. The lowest BCUT2D eigenvalue weighted by Crippen LogP contribution is -2.47. The SMILES string of the molecule is CCc1noc(CC)c1CC(=O)NCC1(COC)CCNCC1. The van der Waals surface area contributed by atoms with Gasteiger partial charge in [0, 0.05) is 31.1 Å². The van der Waals surface area contributed by atoms with Crippen molar-refractivity contribution in [2.75, 3.05) is 33.4 Å². The molecule has 0 bridgehead atoms. The molecular formula is C17H29N3O3. The van der Waals surface area contributed by atoms with E-state index in [1.54, 1.807) is 7.11 Å². The maximum absolute atomic E-state index is 12.4. The summed E-state index contributed by atoms with van der Waals surface area (Å²) < 4.78 is 10.7. The van der Waals surface area contributed by atoms with Crippen molar-refractivity contribution in [3.63, 3.8) is 0 Å². The Hall–Kier alpha value is -1.40. The van der Waals surface area contributed by atoms with Crippen LogP contribution in [0.4, 0.5) is 0 Å². The largest absolute Gasteiger partial charge is 0.384 e. The number of hydrogen-bond donors (Lipinski definition) is 2. The molecule has 6 heteroatoms. The zero-order valence-corrected chi connectivity index (χ0v) is 14.5. The van der Waals surface area contributed by atoms with Gasteiger partial charge in [-0.15, -0.1) is 0 Å². The lowest BCUT2D eigenvalue weighted by Gasteiger charge is -2.37. The topological polar surface area (TPSA) is 76.4 Å². The van der Waals surface area contributed by atoms with E-state index in [1.165, 1.54) is 0 Å². The number of nitrogens with zero attached hydrogens (tertiary/aromatic N) is 1. The van der Waals surface area contributed by atoms with Crippen LogP contribution in [0.3, 0.4) is 0 Å². The van der Waals surface area contributed by atoms with Gasteiger partial charge in [0.25, 0.3) is 0 Å². The zero-order chi connectivity index (χ0) is 16.7. The molecule has 2 N–H and O–H groups in total. The molecule has 1 aliphatic heterocycles. The fraction of sp³-hybridized carbons (Fsp3) is 0.765. The second-order valence-corrected chi connectivity index (χ2v) is 6.37. The summed E-state index contributed by atoms with van der Waals surface area (Å²) in [6.45, 7) is 7.35. The minimum atomic E-state index is 0.0339. The number of methoxy groups -OCH3 is 1. The van der Waals surface area contributed by atoms with Gasteiger partial charge >= 0.3 is 0 Å². The first-order valence-electron chi connectivity index (χ1n) is 8.56. The molecule has 1 amide bonds. The van der Waals surface area contributed by atoms with Crippen molar-refractivity contribution < 1.29 is 14.1 Å². The van der Waals surface area contributed by atoms with Crippen LogP contribution in [0.5, 0.6) is 0 Å². The van der Waals surface area contributed by atoms with Crippen LogP contribution < -0.4 is 10.6 Å². The smallest absolute Gasteiger partial charge is 0.224 e. The highest BCUT2D eigenvalue weighted by molar-refractivity contribution is 5.79. The fourth-order valence-corrected chi connectivity index (χ4v) is 3.28. The predicted molar refractivity (Wildman–Crippen MR) is 88.4 cm³/mol. The number of piperidine rings is 1. The van der Waals surface area contributed by atoms with E-state index >= 15 is 0 Å². The third-order valence-electron chi connectivity index (χ3n) is 4.72. The van der Waals surface area contributed by atoms with Gasteiger partial charge in [0.1, 0.15) is 5.76 Å². The van der Waals surface area contributed by atoms with E-state index in [1.807, 2.05) is 13.8 Å². The predicted octanol–water partition coefficient (Wildman–Crippen LogP) is 1.47. The number of aromatic nitrogens is 1. The first-order valence-corrected chi connectivity index (χ1v) is 8.56. The summed E-state index contributed by atoms with van der Waals surface area (Å²) >= 11 is 0. The van der Waals surface area contributed by atoms with Crippen molar-refractivity contribution >= 4 is 5.91 Å². The molecule has 1 saturated heterocycles. The van der Waals surface area contributed by atoms with Crippen LogP contribution in [0.15, 0.2) is 4.52 Å². The van der Waals surface area contributed by atoms with E-state index in [9.17, 15) is 4.79 Å². The number of aryl methyl sites for hydroxylation is 2. The van der Waals surface area contributed by atoms with E-state index in [4.69, 9.17) is 9.26 Å². The summed E-state index contributed by atoms with van der Waals surface area (Å²) in [5, 5.41) is 10.5. The van der Waals surface area contributed by atoms with Gasteiger partial charge in [-0.1, -0.05) is 19.0 Å². The van der Waals surface area contributed by atoms with Crippen LogP contribution in [-0.4, -0.2) is 44.4 Å². The molecular weight excluding hydrogens is 294 g/mol. The number of nitrogens with one attached hydrogen (secondary N) is 2. The molecule has 130 valence electrons. The van der Waals surface area contributed by atoms with E-state index in [-0.39, 0.29) is 11.3 Å². The Morgan fingerprint density at radius 1 is 1.35 bits per heavy atom. The van der Waals surface area contributed by atoms with Gasteiger partial charge in [0.15, 0.2) is 0 Å². The Labute approximate surface area is 138 Å². The summed E-state index contributed by atoms with van der Waals surface area (Å²) in [7, 11) is 1.73. The van der Waals surface area contributed by atoms with Crippen LogP contribution >= 0.6 is 0 Å². The van der Waals surface area contributed by atoms with Gasteiger partial charge in [-0.05, 0) is 32.4 Å². The molecule has 2 rings (SSSR count). The van der Waals surface area contributed by atoms with Gasteiger partial charge in [-0.25, -0.2) is 0 Å². The molecule has 1 aliphatic rings. The molecule has 0 aromatic carbocycles. The minimum Gasteiger partial charge on any atom is -0.384 e. The maximum Gasteiger partial charge on any atom is 0.224 e. The van der Waals surface area contributed by atoms with E-state index in [0.29, 0.717) is 19.6 Å². The molecule has 0 atom stereocenters. The number of ether oxygens (including phenoxy) is 1. The quantitative estimate of drug-likeness (QED) is 0.758. The maximum atomic E-state index is 12.4. The third-order valence-corrected chi connectivity index (χ3v) is 4.72. The average Bonchev–Trinajstić information content (AvgIpc) is 2.96. The van der Waals surface area contributed by atoms with Crippen LogP contribution in [-0.2, 0) is 28.8 Å². The highest BCUT2D eigenvalue weighted by atomic mass is 16.5. The Balaban J connectivity index is 1.95. The van der Waals surface area contributed by atoms with Crippen molar-refractivity contribution in [2.45, 2.75) is 46.0 Å². The Morgan fingerprint density at radius 2 is 2.09 bits per heavy atom. The molecule has 1 aromatic heterocycles. The van der Waals surface area contributed by atoms with Crippen LogP contribution in [0.2, 0.25) is 0 Å². The molecule has 1 aromatic rings. The van der Waals surface area contributed by atoms with E-state index in [0.717, 1.165) is 55.8 Å². The molecule has 0 unspecified atom stereocenters. The number of rotatable bonds is 8. The van der Waals surface area contributed by atoms with Crippen LogP contribution in [0, 0.1) is 5.41 Å². The first kappa shape index (κ1) is 17.9. The molecule has 0 radical (unpaired) electrons. The molecule has 1 fully saturated rings.